The van der Waals surface area contributed by atoms with Gasteiger partial charge in [0.25, 0.3) is 0 Å². The van der Waals surface area contributed by atoms with E-state index < -0.39 is 0 Å². The fraction of sp³-hybridized carbons (Fsp3) is 0. The van der Waals surface area contributed by atoms with E-state index in [0.717, 1.165) is 5.95 Å². The third kappa shape index (κ3) is 2.36. The quantitative estimate of drug-likeness (QED) is 0.482. The summed E-state index contributed by atoms with van der Waals surface area (Å²) in [6.45, 7) is 0. The maximum absolute atomic E-state index is 4.25. The third-order valence-electron chi connectivity index (χ3n) is 1.60. The molecule has 0 aliphatic heterocycles. The summed E-state index contributed by atoms with van der Waals surface area (Å²) in [5, 5.41) is 0. The van der Waals surface area contributed by atoms with E-state index in [-0.39, 0.29) is 18.4 Å². The van der Waals surface area contributed by atoms with Crippen LogP contribution in [0.25, 0.3) is 0 Å². The van der Waals surface area contributed by atoms with Gasteiger partial charge in [-0.3, -0.25) is 0 Å². The summed E-state index contributed by atoms with van der Waals surface area (Å²) in [6.07, 6.45) is 3.68. The highest BCUT2D eigenvalue weighted by atomic mass is 29.2. The zero-order chi connectivity index (χ0) is 8.10. The molecule has 0 spiro atoms. The van der Waals surface area contributed by atoms with Gasteiger partial charge in [0.05, 0.1) is 18.4 Å². The predicted molar refractivity (Wildman–Crippen MR) is 61.5 cm³/mol. The van der Waals surface area contributed by atoms with E-state index in [0.29, 0.717) is 0 Å². The van der Waals surface area contributed by atoms with E-state index >= 15 is 0 Å². The molecule has 0 amide bonds. The third-order valence-corrected chi connectivity index (χ3v) is 16.3. The molecule has 0 radical (unpaired) electrons. The normalized spacial score (nSPS) is 12.4. The zero-order valence-corrected chi connectivity index (χ0v) is 13.8. The first-order valence-electron chi connectivity index (χ1n) is 3.90. The van der Waals surface area contributed by atoms with Gasteiger partial charge in [0.1, 0.15) is 0 Å². The van der Waals surface area contributed by atoms with Crippen LogP contribution in [0.1, 0.15) is 0 Å². The van der Waals surface area contributed by atoms with Gasteiger partial charge >= 0.3 is 0 Å². The second-order valence-corrected chi connectivity index (χ2v) is 9.70. The SMILES string of the molecule is [SiH3][SiH2]N([SiH2][SiH3])c1ncccn1. The number of rotatable bonds is 3. The van der Waals surface area contributed by atoms with Crippen LogP contribution in [0.3, 0.4) is 0 Å². The van der Waals surface area contributed by atoms with Gasteiger partial charge in [-0.15, -0.1) is 0 Å². The summed E-state index contributed by atoms with van der Waals surface area (Å²) in [6, 6.07) is 1.88. The first kappa shape index (κ1) is 8.84. The number of hydrogen-bond acceptors (Lipinski definition) is 3. The van der Waals surface area contributed by atoms with E-state index in [1.807, 2.05) is 18.5 Å². The predicted octanol–water partition coefficient (Wildman–Crippen LogP) is -3.99. The van der Waals surface area contributed by atoms with Gasteiger partial charge in [0.15, 0.2) is 0 Å². The molecule has 0 saturated carbocycles. The van der Waals surface area contributed by atoms with Crippen molar-refractivity contribution in [1.29, 1.82) is 0 Å². The summed E-state index contributed by atoms with van der Waals surface area (Å²) in [5.74, 6) is 1.01. The average molecular weight is 216 g/mol. The Morgan fingerprint density at radius 2 is 1.73 bits per heavy atom. The smallest absolute Gasteiger partial charge is 0.207 e. The molecule has 0 saturated heterocycles. The maximum Gasteiger partial charge on any atom is 0.207 e. The largest absolute Gasteiger partial charge is 0.410 e. The molecule has 0 unspecified atom stereocenters. The molecule has 1 aromatic heterocycles. The maximum atomic E-state index is 4.25. The van der Waals surface area contributed by atoms with Crippen molar-refractivity contribution in [1.82, 2.24) is 9.97 Å². The van der Waals surface area contributed by atoms with E-state index in [1.165, 1.54) is 19.5 Å². The Kier molecular flexibility index (Phi) is 3.69. The highest BCUT2D eigenvalue weighted by Gasteiger charge is 2.01. The molecular weight excluding hydrogens is 202 g/mol. The van der Waals surface area contributed by atoms with Crippen molar-refractivity contribution in [2.75, 3.05) is 4.23 Å². The lowest BCUT2D eigenvalue weighted by molar-refractivity contribution is 1.15. The van der Waals surface area contributed by atoms with Gasteiger partial charge in [-0.2, -0.15) is 0 Å². The molecule has 1 heterocycles. The van der Waals surface area contributed by atoms with Crippen LogP contribution in [0.5, 0.6) is 0 Å². The molecule has 0 aliphatic carbocycles. The van der Waals surface area contributed by atoms with Crippen LogP contribution in [0.4, 0.5) is 5.95 Å². The van der Waals surface area contributed by atoms with Crippen LogP contribution < -0.4 is 4.23 Å². The molecule has 7 heteroatoms. The lowest BCUT2D eigenvalue weighted by atomic mass is 10.7. The Morgan fingerprint density at radius 1 is 1.18 bits per heavy atom. The average Bonchev–Trinajstić information content (AvgIpc) is 2.09. The molecule has 11 heavy (non-hydrogen) atoms. The van der Waals surface area contributed by atoms with Gasteiger partial charge in [-0.05, 0) is 6.07 Å². The highest BCUT2D eigenvalue weighted by molar-refractivity contribution is 7.05. The molecule has 0 N–H and O–H groups in total. The second-order valence-electron chi connectivity index (χ2n) is 2.22. The Bertz CT molecular complexity index is 202. The second kappa shape index (κ2) is 4.59. The minimum atomic E-state index is 0.0733. The number of hydrogen-bond donors (Lipinski definition) is 0. The highest BCUT2D eigenvalue weighted by Crippen LogP contribution is 1.98. The summed E-state index contributed by atoms with van der Waals surface area (Å²) < 4.78 is 2.51. The Balaban J connectivity index is 2.74. The Morgan fingerprint density at radius 3 is 2.18 bits per heavy atom. The molecule has 3 nitrogen and oxygen atoms in total. The van der Waals surface area contributed by atoms with Gasteiger partial charge in [0.2, 0.25) is 5.95 Å². The molecule has 0 aromatic carbocycles. The fourth-order valence-corrected chi connectivity index (χ4v) is 21.4. The van der Waals surface area contributed by atoms with E-state index in [4.69, 9.17) is 0 Å². The van der Waals surface area contributed by atoms with Gasteiger partial charge in [-0.1, -0.05) is 0 Å². The van der Waals surface area contributed by atoms with Crippen LogP contribution >= 0.6 is 0 Å². The van der Waals surface area contributed by atoms with Gasteiger partial charge < -0.3 is 4.23 Å². The van der Waals surface area contributed by atoms with Crippen molar-refractivity contribution in [3.05, 3.63) is 18.5 Å². The first-order valence-corrected chi connectivity index (χ1v) is 16.5. The molecule has 0 fully saturated rings. The summed E-state index contributed by atoms with van der Waals surface area (Å²) in [5.41, 5.74) is 0. The summed E-state index contributed by atoms with van der Waals surface area (Å²) in [7, 11) is 2.86. The summed E-state index contributed by atoms with van der Waals surface area (Å²) >= 11 is 0. The topological polar surface area (TPSA) is 29.0 Å². The van der Waals surface area contributed by atoms with Crippen LogP contribution in [-0.2, 0) is 0 Å². The van der Waals surface area contributed by atoms with Crippen LogP contribution in [0.15, 0.2) is 18.5 Å². The minimum Gasteiger partial charge on any atom is -0.410 e. The van der Waals surface area contributed by atoms with E-state index in [9.17, 15) is 0 Å². The lowest BCUT2D eigenvalue weighted by Gasteiger charge is -2.17. The van der Waals surface area contributed by atoms with Crippen molar-refractivity contribution >= 4 is 43.9 Å². The zero-order valence-electron chi connectivity index (χ0n) is 6.99. The standard InChI is InChI=1S/C4H13N3Si4/c8-10-7(11-9)4-5-2-1-3-6-4/h1-3H,10-11H2,8-9H3. The number of nitrogens with zero attached hydrogens (tertiary/aromatic N) is 3. The van der Waals surface area contributed by atoms with Crippen molar-refractivity contribution in [3.8, 4) is 0 Å². The van der Waals surface area contributed by atoms with E-state index in [2.05, 4.69) is 14.2 Å². The monoisotopic (exact) mass is 215 g/mol. The van der Waals surface area contributed by atoms with Crippen LogP contribution in [0, 0.1) is 0 Å². The molecular formula is C4H13N3Si4. The van der Waals surface area contributed by atoms with Crippen molar-refractivity contribution < 1.29 is 0 Å². The Labute approximate surface area is 76.9 Å². The van der Waals surface area contributed by atoms with E-state index in [1.54, 1.807) is 0 Å². The van der Waals surface area contributed by atoms with Crippen molar-refractivity contribution in [2.45, 2.75) is 0 Å². The molecule has 60 valence electrons. The Hall–Kier alpha value is -0.252. The minimum absolute atomic E-state index is 0.0733. The molecule has 1 aromatic rings. The molecule has 0 bridgehead atoms. The van der Waals surface area contributed by atoms with Gasteiger partial charge in [-0.25, -0.2) is 9.97 Å². The molecule has 0 aliphatic rings. The van der Waals surface area contributed by atoms with Crippen molar-refractivity contribution in [3.63, 3.8) is 0 Å². The lowest BCUT2D eigenvalue weighted by Crippen LogP contribution is -2.33. The van der Waals surface area contributed by atoms with Gasteiger partial charge in [0, 0.05) is 31.9 Å². The molecule has 0 atom stereocenters. The molecule has 1 rings (SSSR count). The first-order chi connectivity index (χ1) is 5.38. The van der Waals surface area contributed by atoms with Crippen LogP contribution in [-0.4, -0.2) is 47.9 Å². The number of anilines is 1. The number of aromatic nitrogens is 2. The fourth-order valence-electron chi connectivity index (χ4n) is 0.961. The van der Waals surface area contributed by atoms with Crippen molar-refractivity contribution in [2.24, 2.45) is 0 Å². The summed E-state index contributed by atoms with van der Waals surface area (Å²) in [4.78, 5) is 8.50. The van der Waals surface area contributed by atoms with Crippen LogP contribution in [0.2, 0.25) is 0 Å².